The fourth-order valence-corrected chi connectivity index (χ4v) is 2.63. The molecule has 1 amide bonds. The first-order valence-electron chi connectivity index (χ1n) is 7.51. The molecular formula is C19H18N2O2. The number of fused-ring (bicyclic) bond motifs is 1. The SMILES string of the molecule is Cc1c(C)c2ccc(NC(=O)Cc3ccccc3)cc2[nH]c1=O. The fraction of sp³-hybridized carbons (Fsp3) is 0.158. The van der Waals surface area contributed by atoms with E-state index in [-0.39, 0.29) is 11.5 Å². The largest absolute Gasteiger partial charge is 0.326 e. The molecule has 3 aromatic rings. The van der Waals surface area contributed by atoms with Gasteiger partial charge in [-0.3, -0.25) is 9.59 Å². The van der Waals surface area contributed by atoms with Crippen LogP contribution in [0.5, 0.6) is 0 Å². The number of aromatic amines is 1. The van der Waals surface area contributed by atoms with E-state index in [4.69, 9.17) is 0 Å². The standard InChI is InChI=1S/C19H18N2O2/c1-12-13(2)19(23)21-17-11-15(8-9-16(12)17)20-18(22)10-14-6-4-3-5-7-14/h3-9,11H,10H2,1-2H3,(H,20,22)(H,21,23). The van der Waals surface area contributed by atoms with E-state index >= 15 is 0 Å². The van der Waals surface area contributed by atoms with Gasteiger partial charge in [0.1, 0.15) is 0 Å². The molecular weight excluding hydrogens is 288 g/mol. The van der Waals surface area contributed by atoms with Gasteiger partial charge in [-0.2, -0.15) is 0 Å². The molecule has 0 spiro atoms. The first-order chi connectivity index (χ1) is 11.0. The summed E-state index contributed by atoms with van der Waals surface area (Å²) in [4.78, 5) is 26.9. The molecule has 3 rings (SSSR count). The normalized spacial score (nSPS) is 10.7. The lowest BCUT2D eigenvalue weighted by molar-refractivity contribution is -0.115. The number of pyridine rings is 1. The molecule has 2 N–H and O–H groups in total. The van der Waals surface area contributed by atoms with E-state index in [9.17, 15) is 9.59 Å². The molecule has 0 atom stereocenters. The summed E-state index contributed by atoms with van der Waals surface area (Å²) in [6.07, 6.45) is 0.322. The molecule has 0 fully saturated rings. The molecule has 0 aliphatic carbocycles. The fourth-order valence-electron chi connectivity index (χ4n) is 2.63. The van der Waals surface area contributed by atoms with Gasteiger partial charge in [-0.15, -0.1) is 0 Å². The van der Waals surface area contributed by atoms with Gasteiger partial charge in [0.15, 0.2) is 0 Å². The minimum atomic E-state index is -0.0947. The minimum absolute atomic E-state index is 0.0817. The molecule has 1 aromatic heterocycles. The van der Waals surface area contributed by atoms with E-state index in [1.807, 2.05) is 56.3 Å². The van der Waals surface area contributed by atoms with Gasteiger partial charge in [-0.1, -0.05) is 36.4 Å². The van der Waals surface area contributed by atoms with E-state index in [0.717, 1.165) is 27.6 Å². The zero-order chi connectivity index (χ0) is 16.4. The van der Waals surface area contributed by atoms with Crippen molar-refractivity contribution >= 4 is 22.5 Å². The Balaban J connectivity index is 1.85. The number of hydrogen-bond donors (Lipinski definition) is 2. The number of rotatable bonds is 3. The number of H-pyrrole nitrogens is 1. The lowest BCUT2D eigenvalue weighted by Gasteiger charge is -2.09. The second-order valence-corrected chi connectivity index (χ2v) is 5.68. The summed E-state index contributed by atoms with van der Waals surface area (Å²) < 4.78 is 0. The number of nitrogens with one attached hydrogen (secondary N) is 2. The van der Waals surface area contributed by atoms with Crippen molar-refractivity contribution in [2.24, 2.45) is 0 Å². The highest BCUT2D eigenvalue weighted by atomic mass is 16.1. The summed E-state index contributed by atoms with van der Waals surface area (Å²) >= 11 is 0. The van der Waals surface area contributed by atoms with Crippen LogP contribution >= 0.6 is 0 Å². The number of aryl methyl sites for hydroxylation is 1. The Labute approximate surface area is 134 Å². The van der Waals surface area contributed by atoms with Gasteiger partial charge in [0.05, 0.1) is 11.9 Å². The van der Waals surface area contributed by atoms with Crippen LogP contribution in [0.25, 0.3) is 10.9 Å². The highest BCUT2D eigenvalue weighted by molar-refractivity contribution is 5.95. The van der Waals surface area contributed by atoms with Crippen molar-refractivity contribution in [3.05, 3.63) is 75.6 Å². The predicted molar refractivity (Wildman–Crippen MR) is 92.8 cm³/mol. The second-order valence-electron chi connectivity index (χ2n) is 5.68. The molecule has 2 aromatic carbocycles. The molecule has 4 heteroatoms. The van der Waals surface area contributed by atoms with Gasteiger partial charge in [-0.25, -0.2) is 0 Å². The molecule has 0 aliphatic heterocycles. The van der Waals surface area contributed by atoms with Crippen LogP contribution in [0.2, 0.25) is 0 Å². The number of anilines is 1. The van der Waals surface area contributed by atoms with Crippen LogP contribution in [0.15, 0.2) is 53.3 Å². The average Bonchev–Trinajstić information content (AvgIpc) is 2.53. The molecule has 0 bridgehead atoms. The van der Waals surface area contributed by atoms with Crippen LogP contribution < -0.4 is 10.9 Å². The van der Waals surface area contributed by atoms with Gasteiger partial charge in [0.25, 0.3) is 5.56 Å². The number of carbonyl (C=O) groups is 1. The lowest BCUT2D eigenvalue weighted by atomic mass is 10.1. The molecule has 0 saturated heterocycles. The topological polar surface area (TPSA) is 62.0 Å². The molecule has 0 aliphatic rings. The molecule has 0 saturated carbocycles. The van der Waals surface area contributed by atoms with E-state index in [2.05, 4.69) is 10.3 Å². The summed E-state index contributed by atoms with van der Waals surface area (Å²) in [6.45, 7) is 3.74. The van der Waals surface area contributed by atoms with E-state index < -0.39 is 0 Å². The van der Waals surface area contributed by atoms with Crippen molar-refractivity contribution < 1.29 is 4.79 Å². The van der Waals surface area contributed by atoms with Crippen molar-refractivity contribution in [3.63, 3.8) is 0 Å². The van der Waals surface area contributed by atoms with Gasteiger partial charge in [0, 0.05) is 16.6 Å². The van der Waals surface area contributed by atoms with Crippen molar-refractivity contribution in [1.29, 1.82) is 0 Å². The summed E-state index contributed by atoms with van der Waals surface area (Å²) in [6, 6.07) is 15.2. The number of carbonyl (C=O) groups excluding carboxylic acids is 1. The second kappa shape index (κ2) is 6.08. The molecule has 4 nitrogen and oxygen atoms in total. The Bertz CT molecular complexity index is 927. The Morgan fingerprint density at radius 1 is 1.04 bits per heavy atom. The maximum absolute atomic E-state index is 12.1. The average molecular weight is 306 g/mol. The van der Waals surface area contributed by atoms with Crippen molar-refractivity contribution in [2.45, 2.75) is 20.3 Å². The van der Waals surface area contributed by atoms with Crippen molar-refractivity contribution in [1.82, 2.24) is 4.98 Å². The van der Waals surface area contributed by atoms with Gasteiger partial charge < -0.3 is 10.3 Å². The Hall–Kier alpha value is -2.88. The Morgan fingerprint density at radius 2 is 1.78 bits per heavy atom. The molecule has 0 radical (unpaired) electrons. The first kappa shape index (κ1) is 15.0. The van der Waals surface area contributed by atoms with Gasteiger partial charge in [0.2, 0.25) is 5.91 Å². The van der Waals surface area contributed by atoms with Crippen LogP contribution in [0.3, 0.4) is 0 Å². The van der Waals surface area contributed by atoms with Crippen LogP contribution in [-0.2, 0) is 11.2 Å². The van der Waals surface area contributed by atoms with E-state index in [0.29, 0.717) is 12.1 Å². The summed E-state index contributed by atoms with van der Waals surface area (Å²) in [5.74, 6) is -0.0817. The van der Waals surface area contributed by atoms with Gasteiger partial charge in [-0.05, 0) is 37.1 Å². The summed E-state index contributed by atoms with van der Waals surface area (Å²) in [5.41, 5.74) is 3.96. The molecule has 116 valence electrons. The maximum Gasteiger partial charge on any atom is 0.251 e. The lowest BCUT2D eigenvalue weighted by Crippen LogP contribution is -2.15. The minimum Gasteiger partial charge on any atom is -0.326 e. The number of aromatic nitrogens is 1. The Morgan fingerprint density at radius 3 is 2.52 bits per heavy atom. The van der Waals surface area contributed by atoms with Crippen LogP contribution in [0, 0.1) is 13.8 Å². The Kier molecular flexibility index (Phi) is 3.98. The zero-order valence-corrected chi connectivity index (χ0v) is 13.1. The highest BCUT2D eigenvalue weighted by Gasteiger charge is 2.08. The predicted octanol–water partition coefficient (Wildman–Crippen LogP) is 3.33. The maximum atomic E-state index is 12.1. The first-order valence-corrected chi connectivity index (χ1v) is 7.51. The van der Waals surface area contributed by atoms with Gasteiger partial charge >= 0.3 is 0 Å². The van der Waals surface area contributed by atoms with Crippen molar-refractivity contribution in [2.75, 3.05) is 5.32 Å². The number of amides is 1. The monoisotopic (exact) mass is 306 g/mol. The summed E-state index contributed by atoms with van der Waals surface area (Å²) in [7, 11) is 0. The number of benzene rings is 2. The third-order valence-corrected chi connectivity index (χ3v) is 4.07. The van der Waals surface area contributed by atoms with Crippen LogP contribution in [-0.4, -0.2) is 10.9 Å². The zero-order valence-electron chi connectivity index (χ0n) is 13.1. The molecule has 0 unspecified atom stereocenters. The molecule has 23 heavy (non-hydrogen) atoms. The van der Waals surface area contributed by atoms with Crippen LogP contribution in [0.1, 0.15) is 16.7 Å². The van der Waals surface area contributed by atoms with Crippen LogP contribution in [0.4, 0.5) is 5.69 Å². The smallest absolute Gasteiger partial charge is 0.251 e. The highest BCUT2D eigenvalue weighted by Crippen LogP contribution is 2.21. The van der Waals surface area contributed by atoms with Crippen molar-refractivity contribution in [3.8, 4) is 0 Å². The van der Waals surface area contributed by atoms with E-state index in [1.54, 1.807) is 6.07 Å². The summed E-state index contributed by atoms with van der Waals surface area (Å²) in [5, 5.41) is 3.86. The third-order valence-electron chi connectivity index (χ3n) is 4.07. The quantitative estimate of drug-likeness (QED) is 0.779. The van der Waals surface area contributed by atoms with E-state index in [1.165, 1.54) is 0 Å². The third kappa shape index (κ3) is 3.16. The molecule has 1 heterocycles. The number of hydrogen-bond acceptors (Lipinski definition) is 2.